The van der Waals surface area contributed by atoms with Gasteiger partial charge in [0.05, 0.1) is 12.6 Å². The van der Waals surface area contributed by atoms with E-state index in [1.807, 2.05) is 13.1 Å². The Morgan fingerprint density at radius 2 is 2.19 bits per heavy atom. The van der Waals surface area contributed by atoms with Crippen LogP contribution in [-0.2, 0) is 0 Å². The predicted octanol–water partition coefficient (Wildman–Crippen LogP) is 3.13. The molecule has 3 nitrogen and oxygen atoms in total. The van der Waals surface area contributed by atoms with Crippen LogP contribution in [0.5, 0.6) is 0 Å². The van der Waals surface area contributed by atoms with Gasteiger partial charge in [-0.1, -0.05) is 0 Å². The Hall–Kier alpha value is -0.660. The zero-order valence-electron chi connectivity index (χ0n) is 12.0. The van der Waals surface area contributed by atoms with Crippen LogP contribution in [0.1, 0.15) is 35.2 Å². The first kappa shape index (κ1) is 15.2. The normalized spacial score (nSPS) is 25.4. The summed E-state index contributed by atoms with van der Waals surface area (Å²) < 4.78 is 37.3. The SMILES string of the molecule is Cc1cnc([C@H](N[C@H]2CCN(CC(F)(F)F)C2)C2CC2)s1. The van der Waals surface area contributed by atoms with E-state index in [4.69, 9.17) is 0 Å². The van der Waals surface area contributed by atoms with Gasteiger partial charge in [-0.25, -0.2) is 4.98 Å². The molecule has 3 rings (SSSR count). The minimum atomic E-state index is -4.10. The smallest absolute Gasteiger partial charge is 0.304 e. The Labute approximate surface area is 126 Å². The third kappa shape index (κ3) is 4.17. The number of hydrogen-bond donors (Lipinski definition) is 1. The van der Waals surface area contributed by atoms with E-state index in [9.17, 15) is 13.2 Å². The Balaban J connectivity index is 1.58. The number of thiazole rings is 1. The molecule has 1 saturated heterocycles. The van der Waals surface area contributed by atoms with Gasteiger partial charge in [-0.3, -0.25) is 4.90 Å². The first-order chi connectivity index (χ1) is 9.90. The molecular formula is C14H20F3N3S. The van der Waals surface area contributed by atoms with E-state index < -0.39 is 12.7 Å². The van der Waals surface area contributed by atoms with Crippen LogP contribution in [0.25, 0.3) is 0 Å². The molecule has 1 aliphatic heterocycles. The van der Waals surface area contributed by atoms with Crippen molar-refractivity contribution in [1.29, 1.82) is 0 Å². The van der Waals surface area contributed by atoms with Crippen molar-refractivity contribution >= 4 is 11.3 Å². The minimum absolute atomic E-state index is 0.141. The summed E-state index contributed by atoms with van der Waals surface area (Å²) in [7, 11) is 0. The number of nitrogens with zero attached hydrogens (tertiary/aromatic N) is 2. The number of halogens is 3. The highest BCUT2D eigenvalue weighted by molar-refractivity contribution is 7.11. The quantitative estimate of drug-likeness (QED) is 0.904. The van der Waals surface area contributed by atoms with Crippen molar-refractivity contribution in [2.45, 2.75) is 44.4 Å². The fourth-order valence-corrected chi connectivity index (χ4v) is 3.90. The fourth-order valence-electron chi connectivity index (χ4n) is 2.97. The molecule has 0 spiro atoms. The molecule has 2 atom stereocenters. The van der Waals surface area contributed by atoms with E-state index in [0.29, 0.717) is 19.0 Å². The summed E-state index contributed by atoms with van der Waals surface area (Å²) in [5.41, 5.74) is 0. The molecule has 0 unspecified atom stereocenters. The predicted molar refractivity (Wildman–Crippen MR) is 76.4 cm³/mol. The summed E-state index contributed by atoms with van der Waals surface area (Å²) in [6.45, 7) is 2.24. The molecule has 1 aliphatic carbocycles. The van der Waals surface area contributed by atoms with Crippen LogP contribution in [0.3, 0.4) is 0 Å². The third-order valence-corrected chi connectivity index (χ3v) is 5.09. The van der Waals surface area contributed by atoms with Crippen molar-refractivity contribution in [3.8, 4) is 0 Å². The highest BCUT2D eigenvalue weighted by Gasteiger charge is 2.38. The number of rotatable bonds is 5. The van der Waals surface area contributed by atoms with Crippen molar-refractivity contribution in [3.63, 3.8) is 0 Å². The maximum Gasteiger partial charge on any atom is 0.401 e. The van der Waals surface area contributed by atoms with Gasteiger partial charge < -0.3 is 5.32 Å². The van der Waals surface area contributed by atoms with Gasteiger partial charge in [0.15, 0.2) is 0 Å². The number of nitrogens with one attached hydrogen (secondary N) is 1. The van der Waals surface area contributed by atoms with Crippen LogP contribution in [0.15, 0.2) is 6.20 Å². The number of hydrogen-bond acceptors (Lipinski definition) is 4. The highest BCUT2D eigenvalue weighted by Crippen LogP contribution is 2.42. The first-order valence-corrected chi connectivity index (χ1v) is 8.20. The van der Waals surface area contributed by atoms with Crippen molar-refractivity contribution < 1.29 is 13.2 Å². The van der Waals surface area contributed by atoms with E-state index in [-0.39, 0.29) is 12.1 Å². The molecule has 7 heteroatoms. The summed E-state index contributed by atoms with van der Waals surface area (Å²) in [5.74, 6) is 0.604. The van der Waals surface area contributed by atoms with Gasteiger partial charge >= 0.3 is 6.18 Å². The summed E-state index contributed by atoms with van der Waals surface area (Å²) in [5, 5.41) is 4.65. The van der Waals surface area contributed by atoms with E-state index in [1.54, 1.807) is 11.3 Å². The summed E-state index contributed by atoms with van der Waals surface area (Å²) >= 11 is 1.69. The number of aryl methyl sites for hydroxylation is 1. The number of alkyl halides is 3. The molecule has 0 aromatic carbocycles. The molecule has 1 aromatic heterocycles. The molecule has 118 valence electrons. The van der Waals surface area contributed by atoms with Crippen molar-refractivity contribution in [3.05, 3.63) is 16.1 Å². The highest BCUT2D eigenvalue weighted by atomic mass is 32.1. The van der Waals surface area contributed by atoms with Crippen LogP contribution in [-0.4, -0.2) is 41.7 Å². The maximum absolute atomic E-state index is 12.4. The van der Waals surface area contributed by atoms with Crippen LogP contribution in [0.2, 0.25) is 0 Å². The monoisotopic (exact) mass is 319 g/mol. The molecule has 1 saturated carbocycles. The molecule has 2 aliphatic rings. The molecule has 2 heterocycles. The van der Waals surface area contributed by atoms with Gasteiger partial charge in [-0.05, 0) is 32.1 Å². The lowest BCUT2D eigenvalue weighted by molar-refractivity contribution is -0.143. The molecule has 1 aromatic rings. The van der Waals surface area contributed by atoms with Gasteiger partial charge in [0.2, 0.25) is 0 Å². The van der Waals surface area contributed by atoms with Crippen LogP contribution in [0.4, 0.5) is 13.2 Å². The standard InChI is InChI=1S/C14H20F3N3S/c1-9-6-18-13(21-9)12(10-2-3-10)19-11-4-5-20(7-11)8-14(15,16)17/h6,10-12,19H,2-5,7-8H2,1H3/t11-,12+/m0/s1. The van der Waals surface area contributed by atoms with Crippen LogP contribution >= 0.6 is 11.3 Å². The molecule has 0 radical (unpaired) electrons. The van der Waals surface area contributed by atoms with Gasteiger partial charge in [-0.2, -0.15) is 13.2 Å². The average molecular weight is 319 g/mol. The molecule has 0 amide bonds. The van der Waals surface area contributed by atoms with E-state index in [0.717, 1.165) is 11.4 Å². The van der Waals surface area contributed by atoms with Crippen molar-refractivity contribution in [2.24, 2.45) is 5.92 Å². The number of aromatic nitrogens is 1. The fraction of sp³-hybridized carbons (Fsp3) is 0.786. The first-order valence-electron chi connectivity index (χ1n) is 7.38. The van der Waals surface area contributed by atoms with E-state index >= 15 is 0 Å². The lowest BCUT2D eigenvalue weighted by Gasteiger charge is -2.22. The molecule has 2 fully saturated rings. The Bertz CT molecular complexity index is 484. The van der Waals surface area contributed by atoms with E-state index in [1.165, 1.54) is 22.6 Å². The molecular weight excluding hydrogens is 299 g/mol. The minimum Gasteiger partial charge on any atom is -0.304 e. The Morgan fingerprint density at radius 1 is 1.43 bits per heavy atom. The summed E-state index contributed by atoms with van der Waals surface area (Å²) in [4.78, 5) is 7.14. The Kier molecular flexibility index (Phi) is 4.25. The summed E-state index contributed by atoms with van der Waals surface area (Å²) in [6.07, 6.45) is 0.938. The van der Waals surface area contributed by atoms with Gasteiger partial charge in [0.1, 0.15) is 5.01 Å². The third-order valence-electron chi connectivity index (χ3n) is 4.09. The van der Waals surface area contributed by atoms with Crippen LogP contribution < -0.4 is 5.32 Å². The number of likely N-dealkylation sites (tertiary alicyclic amines) is 1. The molecule has 0 bridgehead atoms. The zero-order chi connectivity index (χ0) is 15.0. The summed E-state index contributed by atoms with van der Waals surface area (Å²) in [6, 6.07) is 0.363. The average Bonchev–Trinajstić information content (AvgIpc) is 2.99. The van der Waals surface area contributed by atoms with Gasteiger partial charge in [0, 0.05) is 30.2 Å². The lowest BCUT2D eigenvalue weighted by Crippen LogP contribution is -2.38. The lowest BCUT2D eigenvalue weighted by atomic mass is 10.1. The van der Waals surface area contributed by atoms with E-state index in [2.05, 4.69) is 10.3 Å². The largest absolute Gasteiger partial charge is 0.401 e. The van der Waals surface area contributed by atoms with Crippen molar-refractivity contribution in [1.82, 2.24) is 15.2 Å². The van der Waals surface area contributed by atoms with Gasteiger partial charge in [0.25, 0.3) is 0 Å². The maximum atomic E-state index is 12.4. The Morgan fingerprint density at radius 3 is 2.76 bits per heavy atom. The molecule has 21 heavy (non-hydrogen) atoms. The second kappa shape index (κ2) is 5.85. The topological polar surface area (TPSA) is 28.2 Å². The second-order valence-electron chi connectivity index (χ2n) is 6.13. The second-order valence-corrected chi connectivity index (χ2v) is 7.39. The molecule has 1 N–H and O–H groups in total. The zero-order valence-corrected chi connectivity index (χ0v) is 12.8. The van der Waals surface area contributed by atoms with Gasteiger partial charge in [-0.15, -0.1) is 11.3 Å². The van der Waals surface area contributed by atoms with Crippen molar-refractivity contribution in [2.75, 3.05) is 19.6 Å². The van der Waals surface area contributed by atoms with Crippen LogP contribution in [0, 0.1) is 12.8 Å².